The van der Waals surface area contributed by atoms with E-state index < -0.39 is 5.82 Å². The van der Waals surface area contributed by atoms with Crippen LogP contribution in [-0.2, 0) is 0 Å². The van der Waals surface area contributed by atoms with Crippen molar-refractivity contribution in [3.8, 4) is 0 Å². The van der Waals surface area contributed by atoms with Crippen molar-refractivity contribution in [3.63, 3.8) is 0 Å². The summed E-state index contributed by atoms with van der Waals surface area (Å²) in [5.41, 5.74) is 6.78. The fourth-order valence-corrected chi connectivity index (χ4v) is 2.43. The Bertz CT molecular complexity index is 647. The Morgan fingerprint density at radius 2 is 1.89 bits per heavy atom. The lowest BCUT2D eigenvalue weighted by atomic mass is 10.1. The van der Waals surface area contributed by atoms with Gasteiger partial charge in [0.05, 0.1) is 16.9 Å². The number of nitrogens with two attached hydrogens (primary N) is 1. The number of halogens is 3. The maximum Gasteiger partial charge on any atom is 0.135 e. The molecule has 2 aromatic rings. The van der Waals surface area contributed by atoms with Crippen LogP contribution in [0, 0.1) is 15.2 Å². The third-order valence-electron chi connectivity index (χ3n) is 2.46. The van der Waals surface area contributed by atoms with E-state index in [2.05, 4.69) is 5.32 Å². The molecule has 0 bridgehead atoms. The molecular formula is C13H9F2IN2S. The van der Waals surface area contributed by atoms with E-state index in [4.69, 9.17) is 18.0 Å². The minimum Gasteiger partial charge on any atom is -0.389 e. The average Bonchev–Trinajstić information content (AvgIpc) is 2.32. The van der Waals surface area contributed by atoms with Gasteiger partial charge in [0.25, 0.3) is 0 Å². The highest BCUT2D eigenvalue weighted by molar-refractivity contribution is 14.1. The number of thiocarbonyl (C=S) groups is 1. The first-order valence-corrected chi connectivity index (χ1v) is 6.78. The molecule has 0 aliphatic carbocycles. The molecule has 0 amide bonds. The molecule has 0 heterocycles. The van der Waals surface area contributed by atoms with Crippen molar-refractivity contribution < 1.29 is 8.78 Å². The second-order valence-electron chi connectivity index (χ2n) is 3.78. The Labute approximate surface area is 128 Å². The van der Waals surface area contributed by atoms with Gasteiger partial charge in [-0.3, -0.25) is 0 Å². The topological polar surface area (TPSA) is 38.0 Å². The van der Waals surface area contributed by atoms with Gasteiger partial charge >= 0.3 is 0 Å². The molecule has 0 aliphatic heterocycles. The maximum atomic E-state index is 13.7. The summed E-state index contributed by atoms with van der Waals surface area (Å²) in [6, 6.07) is 8.78. The lowest BCUT2D eigenvalue weighted by molar-refractivity contribution is 0.625. The highest BCUT2D eigenvalue weighted by Crippen LogP contribution is 2.27. The first kappa shape index (κ1) is 14.1. The van der Waals surface area contributed by atoms with Gasteiger partial charge in [0.1, 0.15) is 16.6 Å². The Hall–Kier alpha value is -1.28. The summed E-state index contributed by atoms with van der Waals surface area (Å²) in [7, 11) is 0. The first-order chi connectivity index (χ1) is 8.99. The van der Waals surface area contributed by atoms with Crippen LogP contribution in [0.3, 0.4) is 0 Å². The van der Waals surface area contributed by atoms with Gasteiger partial charge in [-0.05, 0) is 52.9 Å². The summed E-state index contributed by atoms with van der Waals surface area (Å²) in [6.45, 7) is 0. The van der Waals surface area contributed by atoms with Crippen molar-refractivity contribution >= 4 is 51.2 Å². The third-order valence-corrected chi connectivity index (χ3v) is 3.56. The second kappa shape index (κ2) is 5.79. The normalized spacial score (nSPS) is 10.3. The highest BCUT2D eigenvalue weighted by atomic mass is 127. The van der Waals surface area contributed by atoms with Crippen LogP contribution >= 0.6 is 34.8 Å². The molecule has 2 rings (SSSR count). The van der Waals surface area contributed by atoms with E-state index in [1.165, 1.54) is 18.2 Å². The number of hydrogen-bond acceptors (Lipinski definition) is 2. The van der Waals surface area contributed by atoms with Gasteiger partial charge in [0.15, 0.2) is 0 Å². The summed E-state index contributed by atoms with van der Waals surface area (Å²) in [4.78, 5) is -0.0299. The van der Waals surface area contributed by atoms with E-state index >= 15 is 0 Å². The Kier molecular flexibility index (Phi) is 4.31. The average molecular weight is 390 g/mol. The molecule has 0 unspecified atom stereocenters. The zero-order valence-corrected chi connectivity index (χ0v) is 12.6. The fourth-order valence-electron chi connectivity index (χ4n) is 1.61. The van der Waals surface area contributed by atoms with Crippen LogP contribution in [0.1, 0.15) is 5.56 Å². The lowest BCUT2D eigenvalue weighted by Gasteiger charge is -2.13. The smallest absolute Gasteiger partial charge is 0.135 e. The van der Waals surface area contributed by atoms with Gasteiger partial charge in [0, 0.05) is 3.57 Å². The number of benzene rings is 2. The summed E-state index contributed by atoms with van der Waals surface area (Å²) in [6.07, 6.45) is 0. The van der Waals surface area contributed by atoms with Crippen molar-refractivity contribution in [3.05, 3.63) is 57.2 Å². The standard InChI is InChI=1S/C13H9F2IN2S/c14-7-4-5-10(9(16)6-7)18-11-3-1-2-8(15)12(11)13(17)19/h1-6,18H,(H2,17,19). The fraction of sp³-hybridized carbons (Fsp3) is 0. The maximum absolute atomic E-state index is 13.7. The van der Waals surface area contributed by atoms with Crippen LogP contribution in [0.4, 0.5) is 20.2 Å². The quantitative estimate of drug-likeness (QED) is 0.616. The molecular weight excluding hydrogens is 381 g/mol. The van der Waals surface area contributed by atoms with E-state index in [9.17, 15) is 8.78 Å². The van der Waals surface area contributed by atoms with Crippen LogP contribution in [0.25, 0.3) is 0 Å². The number of anilines is 2. The molecule has 3 N–H and O–H groups in total. The molecule has 0 saturated heterocycles. The van der Waals surface area contributed by atoms with Gasteiger partial charge in [-0.25, -0.2) is 8.78 Å². The Morgan fingerprint density at radius 1 is 1.16 bits per heavy atom. The minimum atomic E-state index is -0.491. The van der Waals surface area contributed by atoms with Gasteiger partial charge in [0.2, 0.25) is 0 Å². The summed E-state index contributed by atoms with van der Waals surface area (Å²) < 4.78 is 27.4. The molecule has 0 aromatic heterocycles. The summed E-state index contributed by atoms with van der Waals surface area (Å²) >= 11 is 6.83. The molecule has 0 fully saturated rings. The van der Waals surface area contributed by atoms with E-state index in [0.717, 1.165) is 0 Å². The Balaban J connectivity index is 2.44. The SMILES string of the molecule is NC(=S)c1c(F)cccc1Nc1ccc(F)cc1I. The van der Waals surface area contributed by atoms with E-state index in [0.29, 0.717) is 14.9 Å². The molecule has 0 atom stereocenters. The van der Waals surface area contributed by atoms with Gasteiger partial charge in [-0.2, -0.15) is 0 Å². The van der Waals surface area contributed by atoms with Crippen LogP contribution in [-0.4, -0.2) is 4.99 Å². The lowest BCUT2D eigenvalue weighted by Crippen LogP contribution is -2.14. The predicted molar refractivity (Wildman–Crippen MR) is 84.7 cm³/mol. The van der Waals surface area contributed by atoms with Crippen molar-refractivity contribution in [2.24, 2.45) is 5.73 Å². The molecule has 0 aliphatic rings. The van der Waals surface area contributed by atoms with E-state index in [1.807, 2.05) is 22.6 Å². The van der Waals surface area contributed by atoms with Crippen molar-refractivity contribution in [2.75, 3.05) is 5.32 Å². The molecule has 2 aromatic carbocycles. The molecule has 98 valence electrons. The second-order valence-corrected chi connectivity index (χ2v) is 5.38. The zero-order valence-electron chi connectivity index (χ0n) is 9.58. The monoisotopic (exact) mass is 390 g/mol. The zero-order chi connectivity index (χ0) is 14.0. The number of rotatable bonds is 3. The Morgan fingerprint density at radius 3 is 2.53 bits per heavy atom. The minimum absolute atomic E-state index is 0.0299. The summed E-state index contributed by atoms with van der Waals surface area (Å²) in [5.74, 6) is -0.821. The predicted octanol–water partition coefficient (Wildman–Crippen LogP) is 3.95. The first-order valence-electron chi connectivity index (χ1n) is 5.29. The molecule has 0 spiro atoms. The summed E-state index contributed by atoms with van der Waals surface area (Å²) in [5, 5.41) is 3.01. The van der Waals surface area contributed by atoms with Crippen molar-refractivity contribution in [2.45, 2.75) is 0 Å². The van der Waals surface area contributed by atoms with E-state index in [-0.39, 0.29) is 16.4 Å². The molecule has 2 nitrogen and oxygen atoms in total. The number of nitrogens with one attached hydrogen (secondary N) is 1. The van der Waals surface area contributed by atoms with Crippen LogP contribution in [0.5, 0.6) is 0 Å². The van der Waals surface area contributed by atoms with Crippen molar-refractivity contribution in [1.29, 1.82) is 0 Å². The van der Waals surface area contributed by atoms with Crippen LogP contribution in [0.2, 0.25) is 0 Å². The number of hydrogen-bond donors (Lipinski definition) is 2. The molecule has 19 heavy (non-hydrogen) atoms. The van der Waals surface area contributed by atoms with Gasteiger partial charge < -0.3 is 11.1 Å². The molecule has 0 saturated carbocycles. The van der Waals surface area contributed by atoms with E-state index in [1.54, 1.807) is 18.2 Å². The van der Waals surface area contributed by atoms with Crippen molar-refractivity contribution in [1.82, 2.24) is 0 Å². The largest absolute Gasteiger partial charge is 0.389 e. The van der Waals surface area contributed by atoms with Gasteiger partial charge in [-0.15, -0.1) is 0 Å². The highest BCUT2D eigenvalue weighted by Gasteiger charge is 2.12. The third kappa shape index (κ3) is 3.19. The molecule has 6 heteroatoms. The molecule has 0 radical (unpaired) electrons. The van der Waals surface area contributed by atoms with Crippen LogP contribution < -0.4 is 11.1 Å². The van der Waals surface area contributed by atoms with Gasteiger partial charge in [-0.1, -0.05) is 18.3 Å². The van der Waals surface area contributed by atoms with Crippen LogP contribution in [0.15, 0.2) is 36.4 Å².